The average molecular weight is 396 g/mol. The molecule has 0 fully saturated rings. The fourth-order valence-electron chi connectivity index (χ4n) is 3.77. The zero-order valence-electron chi connectivity index (χ0n) is 15.9. The third-order valence-electron chi connectivity index (χ3n) is 5.32. The third-order valence-corrected chi connectivity index (χ3v) is 5.57. The molecule has 0 bridgehead atoms. The first kappa shape index (κ1) is 18.6. The number of halogens is 1. The largest absolute Gasteiger partial charge is 0.326 e. The third kappa shape index (κ3) is 3.52. The van der Waals surface area contributed by atoms with Crippen molar-refractivity contribution < 1.29 is 4.79 Å². The summed E-state index contributed by atoms with van der Waals surface area (Å²) >= 11 is 6.05. The van der Waals surface area contributed by atoms with E-state index < -0.39 is 6.04 Å². The molecule has 7 heteroatoms. The van der Waals surface area contributed by atoms with Gasteiger partial charge in [-0.15, -0.1) is 0 Å². The SMILES string of the molecule is CC1CCc2[nH]nc(C(=O)N(C)C(c3ccc(Cl)cc3)c3ncccn3)c2C1. The van der Waals surface area contributed by atoms with Gasteiger partial charge in [0, 0.05) is 35.7 Å². The number of nitrogens with one attached hydrogen (secondary N) is 1. The summed E-state index contributed by atoms with van der Waals surface area (Å²) in [5.74, 6) is 0.962. The van der Waals surface area contributed by atoms with E-state index in [-0.39, 0.29) is 5.91 Å². The number of amides is 1. The Labute approximate surface area is 169 Å². The molecule has 3 aromatic rings. The number of hydrogen-bond donors (Lipinski definition) is 1. The monoisotopic (exact) mass is 395 g/mol. The molecule has 0 aliphatic heterocycles. The lowest BCUT2D eigenvalue weighted by Gasteiger charge is -2.27. The van der Waals surface area contributed by atoms with Crippen LogP contribution in [0, 0.1) is 5.92 Å². The van der Waals surface area contributed by atoms with Crippen molar-refractivity contribution >= 4 is 17.5 Å². The number of benzene rings is 1. The molecule has 1 aromatic carbocycles. The van der Waals surface area contributed by atoms with Crippen LogP contribution in [0.25, 0.3) is 0 Å². The number of aromatic nitrogens is 4. The lowest BCUT2D eigenvalue weighted by molar-refractivity contribution is 0.0742. The molecule has 2 atom stereocenters. The predicted molar refractivity (Wildman–Crippen MR) is 107 cm³/mol. The molecule has 1 aliphatic rings. The Kier molecular flexibility index (Phi) is 5.13. The van der Waals surface area contributed by atoms with E-state index in [0.29, 0.717) is 22.5 Å². The Hall–Kier alpha value is -2.73. The quantitative estimate of drug-likeness (QED) is 0.728. The van der Waals surface area contributed by atoms with Gasteiger partial charge in [0.2, 0.25) is 0 Å². The van der Waals surface area contributed by atoms with Crippen LogP contribution < -0.4 is 0 Å². The average Bonchev–Trinajstić information content (AvgIpc) is 3.13. The number of nitrogens with zero attached hydrogens (tertiary/aromatic N) is 4. The molecule has 0 spiro atoms. The normalized spacial score (nSPS) is 17.0. The summed E-state index contributed by atoms with van der Waals surface area (Å²) in [4.78, 5) is 23.9. The maximum absolute atomic E-state index is 13.4. The Morgan fingerprint density at radius 1 is 1.25 bits per heavy atom. The van der Waals surface area contributed by atoms with E-state index in [4.69, 9.17) is 11.6 Å². The molecule has 1 amide bonds. The van der Waals surface area contributed by atoms with Crippen LogP contribution in [0.2, 0.25) is 5.02 Å². The van der Waals surface area contributed by atoms with Crippen molar-refractivity contribution in [1.82, 2.24) is 25.1 Å². The number of aromatic amines is 1. The fourth-order valence-corrected chi connectivity index (χ4v) is 3.90. The molecule has 0 radical (unpaired) electrons. The van der Waals surface area contributed by atoms with Gasteiger partial charge in [-0.2, -0.15) is 5.10 Å². The van der Waals surface area contributed by atoms with Gasteiger partial charge in [-0.1, -0.05) is 30.7 Å². The van der Waals surface area contributed by atoms with Crippen molar-refractivity contribution in [3.05, 3.63) is 76.1 Å². The molecule has 2 heterocycles. The standard InChI is InChI=1S/C21H22ClN5O/c1-13-4-9-17-16(12-13)18(26-25-17)21(28)27(2)19(20-23-10-3-11-24-20)14-5-7-15(22)8-6-14/h3,5-8,10-11,13,19H,4,9,12H2,1-2H3,(H,25,26). The van der Waals surface area contributed by atoms with Gasteiger partial charge >= 0.3 is 0 Å². The molecule has 28 heavy (non-hydrogen) atoms. The molecular formula is C21H22ClN5O. The van der Waals surface area contributed by atoms with E-state index in [1.807, 2.05) is 24.3 Å². The van der Waals surface area contributed by atoms with E-state index in [2.05, 4.69) is 27.1 Å². The summed E-state index contributed by atoms with van der Waals surface area (Å²) < 4.78 is 0. The first-order chi connectivity index (χ1) is 13.5. The summed E-state index contributed by atoms with van der Waals surface area (Å²) in [6, 6.07) is 8.74. The van der Waals surface area contributed by atoms with Crippen molar-refractivity contribution in [1.29, 1.82) is 0 Å². The highest BCUT2D eigenvalue weighted by molar-refractivity contribution is 6.30. The second-order valence-corrected chi connectivity index (χ2v) is 7.79. The van der Waals surface area contributed by atoms with Crippen LogP contribution in [0.15, 0.2) is 42.7 Å². The Balaban J connectivity index is 1.72. The molecule has 1 N–H and O–H groups in total. The zero-order chi connectivity index (χ0) is 19.7. The van der Waals surface area contributed by atoms with Gasteiger partial charge in [-0.05, 0) is 48.9 Å². The minimum atomic E-state index is -0.431. The summed E-state index contributed by atoms with van der Waals surface area (Å²) in [7, 11) is 1.77. The number of aryl methyl sites for hydroxylation is 1. The number of H-pyrrole nitrogens is 1. The van der Waals surface area contributed by atoms with Crippen LogP contribution in [0.1, 0.15) is 52.5 Å². The smallest absolute Gasteiger partial charge is 0.275 e. The fraction of sp³-hybridized carbons (Fsp3) is 0.333. The van der Waals surface area contributed by atoms with E-state index in [0.717, 1.165) is 36.1 Å². The highest BCUT2D eigenvalue weighted by Crippen LogP contribution is 2.30. The highest BCUT2D eigenvalue weighted by Gasteiger charge is 2.31. The highest BCUT2D eigenvalue weighted by atomic mass is 35.5. The van der Waals surface area contributed by atoms with Gasteiger partial charge in [-0.25, -0.2) is 9.97 Å². The number of fused-ring (bicyclic) bond motifs is 1. The van der Waals surface area contributed by atoms with Crippen LogP contribution in [-0.2, 0) is 12.8 Å². The maximum atomic E-state index is 13.4. The second kappa shape index (κ2) is 7.72. The molecule has 2 unspecified atom stereocenters. The number of carbonyl (C=O) groups excluding carboxylic acids is 1. The Bertz CT molecular complexity index is 970. The lowest BCUT2D eigenvalue weighted by atomic mass is 9.87. The summed E-state index contributed by atoms with van der Waals surface area (Å²) in [6.45, 7) is 2.21. The van der Waals surface area contributed by atoms with E-state index >= 15 is 0 Å². The van der Waals surface area contributed by atoms with Crippen LogP contribution >= 0.6 is 11.6 Å². The van der Waals surface area contributed by atoms with Crippen LogP contribution in [-0.4, -0.2) is 38.0 Å². The summed E-state index contributed by atoms with van der Waals surface area (Å²) in [5, 5.41) is 8.06. The van der Waals surface area contributed by atoms with Crippen LogP contribution in [0.5, 0.6) is 0 Å². The molecule has 4 rings (SSSR count). The lowest BCUT2D eigenvalue weighted by Crippen LogP contribution is -2.34. The molecule has 1 aliphatic carbocycles. The maximum Gasteiger partial charge on any atom is 0.275 e. The van der Waals surface area contributed by atoms with Crippen molar-refractivity contribution in [3.63, 3.8) is 0 Å². The van der Waals surface area contributed by atoms with E-state index in [1.54, 1.807) is 30.4 Å². The zero-order valence-corrected chi connectivity index (χ0v) is 16.6. The van der Waals surface area contributed by atoms with E-state index in [9.17, 15) is 4.79 Å². The predicted octanol–water partition coefficient (Wildman–Crippen LogP) is 3.84. The van der Waals surface area contributed by atoms with Crippen molar-refractivity contribution in [2.75, 3.05) is 7.05 Å². The topological polar surface area (TPSA) is 74.8 Å². The van der Waals surface area contributed by atoms with Gasteiger partial charge < -0.3 is 4.90 Å². The molecule has 2 aromatic heterocycles. The Morgan fingerprint density at radius 3 is 2.68 bits per heavy atom. The first-order valence-corrected chi connectivity index (χ1v) is 9.78. The summed E-state index contributed by atoms with van der Waals surface area (Å²) in [5.41, 5.74) is 3.51. The number of rotatable bonds is 4. The van der Waals surface area contributed by atoms with Gasteiger partial charge in [0.05, 0.1) is 0 Å². The molecule has 0 saturated carbocycles. The summed E-state index contributed by atoms with van der Waals surface area (Å²) in [6.07, 6.45) is 6.28. The van der Waals surface area contributed by atoms with Gasteiger partial charge in [0.15, 0.2) is 11.5 Å². The van der Waals surface area contributed by atoms with Gasteiger partial charge in [-0.3, -0.25) is 9.89 Å². The first-order valence-electron chi connectivity index (χ1n) is 9.40. The van der Waals surface area contributed by atoms with Crippen molar-refractivity contribution in [2.45, 2.75) is 32.2 Å². The van der Waals surface area contributed by atoms with Crippen LogP contribution in [0.3, 0.4) is 0 Å². The molecular weight excluding hydrogens is 374 g/mol. The minimum Gasteiger partial charge on any atom is -0.326 e. The van der Waals surface area contributed by atoms with Crippen LogP contribution in [0.4, 0.5) is 0 Å². The van der Waals surface area contributed by atoms with E-state index in [1.165, 1.54) is 0 Å². The minimum absolute atomic E-state index is 0.140. The molecule has 144 valence electrons. The van der Waals surface area contributed by atoms with Gasteiger partial charge in [0.1, 0.15) is 6.04 Å². The number of carbonyl (C=O) groups is 1. The second-order valence-electron chi connectivity index (χ2n) is 7.35. The molecule has 0 saturated heterocycles. The van der Waals surface area contributed by atoms with Crippen molar-refractivity contribution in [3.8, 4) is 0 Å². The Morgan fingerprint density at radius 2 is 1.96 bits per heavy atom. The van der Waals surface area contributed by atoms with Crippen molar-refractivity contribution in [2.24, 2.45) is 5.92 Å². The number of hydrogen-bond acceptors (Lipinski definition) is 4. The molecule has 6 nitrogen and oxygen atoms in total. The van der Waals surface area contributed by atoms with Gasteiger partial charge in [0.25, 0.3) is 5.91 Å².